The number of rotatable bonds is 3. The summed E-state index contributed by atoms with van der Waals surface area (Å²) in [5, 5.41) is 19.5. The number of hydrogen-bond donors (Lipinski definition) is 2. The molecule has 1 aromatic rings. The first-order valence-corrected chi connectivity index (χ1v) is 8.38. The fourth-order valence-electron chi connectivity index (χ4n) is 2.59. The summed E-state index contributed by atoms with van der Waals surface area (Å²) < 4.78 is 0. The van der Waals surface area contributed by atoms with Gasteiger partial charge in [0.25, 0.3) is 5.91 Å². The van der Waals surface area contributed by atoms with Crippen LogP contribution in [0.5, 0.6) is 5.75 Å². The number of amides is 1. The van der Waals surface area contributed by atoms with Crippen molar-refractivity contribution in [1.82, 2.24) is 9.80 Å². The Morgan fingerprint density at radius 1 is 1.22 bits per heavy atom. The highest BCUT2D eigenvalue weighted by atomic mass is 32.2. The first-order valence-electron chi connectivity index (χ1n) is 7.56. The van der Waals surface area contributed by atoms with Gasteiger partial charge in [0.15, 0.2) is 5.17 Å². The number of carbonyl (C=O) groups is 1. The topological polar surface area (TPSA) is 76.4 Å². The number of carbonyl (C=O) groups excluding carboxylic acids is 1. The molecule has 0 saturated carbocycles. The summed E-state index contributed by atoms with van der Waals surface area (Å²) in [6, 6.07) is 6.92. The molecule has 1 amide bonds. The molecule has 0 spiro atoms. The minimum absolute atomic E-state index is 0.152. The summed E-state index contributed by atoms with van der Waals surface area (Å²) in [5.41, 5.74) is 0.618. The number of benzene rings is 1. The van der Waals surface area contributed by atoms with Gasteiger partial charge in [0.05, 0.1) is 11.5 Å². The first-order chi connectivity index (χ1) is 11.2. The van der Waals surface area contributed by atoms with Crippen LogP contribution in [0.4, 0.5) is 0 Å². The molecule has 2 heterocycles. The lowest BCUT2D eigenvalue weighted by Crippen LogP contribution is -2.48. The van der Waals surface area contributed by atoms with Crippen LogP contribution in [0.25, 0.3) is 6.08 Å². The van der Waals surface area contributed by atoms with Gasteiger partial charge in [0, 0.05) is 38.3 Å². The Morgan fingerprint density at radius 3 is 2.65 bits per heavy atom. The van der Waals surface area contributed by atoms with Crippen LogP contribution < -0.4 is 0 Å². The van der Waals surface area contributed by atoms with E-state index in [1.807, 2.05) is 6.07 Å². The molecule has 0 bridgehead atoms. The molecule has 0 radical (unpaired) electrons. The molecule has 7 heteroatoms. The Bertz CT molecular complexity index is 652. The number of phenolic OH excluding ortho intramolecular Hbond substituents is 1. The third kappa shape index (κ3) is 3.74. The quantitative estimate of drug-likeness (QED) is 0.803. The Morgan fingerprint density at radius 2 is 1.96 bits per heavy atom. The average molecular weight is 333 g/mol. The molecular weight excluding hydrogens is 314 g/mol. The number of aliphatic imine (C=N–C) groups is 1. The Hall–Kier alpha value is -1.83. The van der Waals surface area contributed by atoms with E-state index in [0.29, 0.717) is 17.0 Å². The van der Waals surface area contributed by atoms with Crippen LogP contribution in [-0.4, -0.2) is 70.4 Å². The molecule has 2 N–H and O–H groups in total. The molecule has 1 aromatic carbocycles. The molecule has 0 unspecified atom stereocenters. The van der Waals surface area contributed by atoms with E-state index >= 15 is 0 Å². The number of aliphatic hydroxyl groups is 1. The number of nitrogens with zero attached hydrogens (tertiary/aromatic N) is 3. The van der Waals surface area contributed by atoms with Crippen molar-refractivity contribution in [2.24, 2.45) is 4.99 Å². The maximum Gasteiger partial charge on any atom is 0.286 e. The lowest BCUT2D eigenvalue weighted by Gasteiger charge is -2.34. The summed E-state index contributed by atoms with van der Waals surface area (Å²) in [7, 11) is 0. The molecule has 6 nitrogen and oxygen atoms in total. The van der Waals surface area contributed by atoms with Gasteiger partial charge in [-0.1, -0.05) is 18.2 Å². The van der Waals surface area contributed by atoms with E-state index in [-0.39, 0.29) is 18.3 Å². The minimum atomic E-state index is -0.258. The summed E-state index contributed by atoms with van der Waals surface area (Å²) in [5.74, 6) is -0.106. The predicted molar refractivity (Wildman–Crippen MR) is 91.2 cm³/mol. The van der Waals surface area contributed by atoms with Crippen LogP contribution in [0.3, 0.4) is 0 Å². The molecule has 0 atom stereocenters. The van der Waals surface area contributed by atoms with Gasteiger partial charge >= 0.3 is 0 Å². The van der Waals surface area contributed by atoms with Crippen molar-refractivity contribution in [1.29, 1.82) is 0 Å². The van der Waals surface area contributed by atoms with Crippen molar-refractivity contribution in [3.8, 4) is 5.75 Å². The maximum atomic E-state index is 12.1. The molecule has 0 aromatic heterocycles. The van der Waals surface area contributed by atoms with Crippen molar-refractivity contribution < 1.29 is 15.0 Å². The summed E-state index contributed by atoms with van der Waals surface area (Å²) in [6.45, 7) is 4.15. The van der Waals surface area contributed by atoms with Crippen LogP contribution in [0, 0.1) is 0 Å². The number of para-hydroxylation sites is 1. The fraction of sp³-hybridized carbons (Fsp3) is 0.375. The zero-order chi connectivity index (χ0) is 16.2. The second-order valence-corrected chi connectivity index (χ2v) is 6.43. The molecule has 3 rings (SSSR count). The minimum Gasteiger partial charge on any atom is -0.507 e. The zero-order valence-electron chi connectivity index (χ0n) is 12.7. The van der Waals surface area contributed by atoms with Gasteiger partial charge in [0.2, 0.25) is 0 Å². The number of phenols is 1. The Balaban J connectivity index is 1.66. The predicted octanol–water partition coefficient (Wildman–Crippen LogP) is 0.972. The molecule has 23 heavy (non-hydrogen) atoms. The van der Waals surface area contributed by atoms with E-state index in [4.69, 9.17) is 5.11 Å². The van der Waals surface area contributed by atoms with Crippen LogP contribution in [0.2, 0.25) is 0 Å². The summed E-state index contributed by atoms with van der Waals surface area (Å²) >= 11 is 1.35. The standard InChI is InChI=1S/C16H19N3O3S/c20-10-9-18-5-7-19(8-6-18)16-17-15(22)14(23-16)11-12-3-1-2-4-13(12)21/h1-4,11,20-21H,5-10H2. The summed E-state index contributed by atoms with van der Waals surface area (Å²) in [4.78, 5) is 21.0. The van der Waals surface area contributed by atoms with Crippen molar-refractivity contribution in [2.45, 2.75) is 0 Å². The third-order valence-corrected chi connectivity index (χ3v) is 4.94. The first kappa shape index (κ1) is 16.0. The van der Waals surface area contributed by atoms with Crippen LogP contribution >= 0.6 is 11.8 Å². The number of aromatic hydroxyl groups is 1. The highest BCUT2D eigenvalue weighted by molar-refractivity contribution is 8.18. The number of hydrogen-bond acceptors (Lipinski definition) is 6. The van der Waals surface area contributed by atoms with Crippen LogP contribution in [0.1, 0.15) is 5.56 Å². The molecule has 122 valence electrons. The van der Waals surface area contributed by atoms with Gasteiger partial charge in [-0.15, -0.1) is 0 Å². The molecular formula is C16H19N3O3S. The number of β-amino-alcohol motifs (C(OH)–C–C–N with tert-alkyl or cyclic N) is 1. The van der Waals surface area contributed by atoms with Gasteiger partial charge < -0.3 is 15.1 Å². The van der Waals surface area contributed by atoms with Crippen molar-refractivity contribution >= 4 is 28.9 Å². The van der Waals surface area contributed by atoms with E-state index in [2.05, 4.69) is 14.8 Å². The van der Waals surface area contributed by atoms with E-state index in [9.17, 15) is 9.90 Å². The number of aliphatic hydroxyl groups excluding tert-OH is 1. The normalized spacial score (nSPS) is 21.1. The lowest BCUT2D eigenvalue weighted by atomic mass is 10.2. The number of thioether (sulfide) groups is 1. The van der Waals surface area contributed by atoms with Crippen molar-refractivity contribution in [3.05, 3.63) is 34.7 Å². The van der Waals surface area contributed by atoms with Gasteiger partial charge in [-0.3, -0.25) is 9.69 Å². The van der Waals surface area contributed by atoms with Gasteiger partial charge in [-0.2, -0.15) is 4.99 Å². The van der Waals surface area contributed by atoms with Crippen LogP contribution in [0.15, 0.2) is 34.2 Å². The Kier molecular flexibility index (Phi) is 5.00. The highest BCUT2D eigenvalue weighted by Gasteiger charge is 2.28. The van der Waals surface area contributed by atoms with E-state index in [0.717, 1.165) is 31.3 Å². The monoisotopic (exact) mass is 333 g/mol. The fourth-order valence-corrected chi connectivity index (χ4v) is 3.54. The largest absolute Gasteiger partial charge is 0.507 e. The SMILES string of the molecule is O=C1N=C(N2CCN(CCO)CC2)SC1=Cc1ccccc1O. The van der Waals surface area contributed by atoms with Gasteiger partial charge in [-0.25, -0.2) is 0 Å². The highest BCUT2D eigenvalue weighted by Crippen LogP contribution is 2.32. The molecule has 2 aliphatic rings. The van der Waals surface area contributed by atoms with Crippen molar-refractivity contribution in [3.63, 3.8) is 0 Å². The smallest absolute Gasteiger partial charge is 0.286 e. The molecule has 1 saturated heterocycles. The Labute approximate surface area is 139 Å². The molecule has 2 aliphatic heterocycles. The average Bonchev–Trinajstić information content (AvgIpc) is 2.92. The van der Waals surface area contributed by atoms with E-state index in [1.165, 1.54) is 11.8 Å². The second-order valence-electron chi connectivity index (χ2n) is 5.42. The van der Waals surface area contributed by atoms with Gasteiger partial charge in [-0.05, 0) is 23.9 Å². The van der Waals surface area contributed by atoms with E-state index in [1.54, 1.807) is 24.3 Å². The lowest BCUT2D eigenvalue weighted by molar-refractivity contribution is -0.113. The van der Waals surface area contributed by atoms with Crippen molar-refractivity contribution in [2.75, 3.05) is 39.3 Å². The maximum absolute atomic E-state index is 12.1. The zero-order valence-corrected chi connectivity index (χ0v) is 13.5. The van der Waals surface area contributed by atoms with Gasteiger partial charge in [0.1, 0.15) is 5.75 Å². The van der Waals surface area contributed by atoms with E-state index < -0.39 is 0 Å². The number of amidine groups is 1. The third-order valence-electron chi connectivity index (χ3n) is 3.89. The summed E-state index contributed by atoms with van der Waals surface area (Å²) in [6.07, 6.45) is 1.68. The molecule has 1 fully saturated rings. The molecule has 0 aliphatic carbocycles. The second kappa shape index (κ2) is 7.16. The number of piperazine rings is 1. The van der Waals surface area contributed by atoms with Crippen LogP contribution in [-0.2, 0) is 4.79 Å².